The van der Waals surface area contributed by atoms with E-state index in [1.165, 1.54) is 23.5 Å². The summed E-state index contributed by atoms with van der Waals surface area (Å²) in [5.41, 5.74) is 1.88. The lowest BCUT2D eigenvalue weighted by atomic mass is 10.1. The summed E-state index contributed by atoms with van der Waals surface area (Å²) in [5.74, 6) is -0.247. The van der Waals surface area contributed by atoms with E-state index >= 15 is 0 Å². The van der Waals surface area contributed by atoms with Crippen LogP contribution in [0.2, 0.25) is 0 Å². The average Bonchev–Trinajstić information content (AvgIpc) is 3.21. The maximum atomic E-state index is 13.1. The molecular weight excluding hydrogens is 363 g/mol. The van der Waals surface area contributed by atoms with Gasteiger partial charge in [-0.05, 0) is 63.7 Å². The van der Waals surface area contributed by atoms with Gasteiger partial charge in [0.15, 0.2) is 0 Å². The number of hydrogen-bond donors (Lipinski definition) is 1. The van der Waals surface area contributed by atoms with Crippen molar-refractivity contribution in [2.75, 3.05) is 20.1 Å². The molecule has 3 heterocycles. The molecule has 1 aromatic carbocycles. The molecule has 142 valence electrons. The van der Waals surface area contributed by atoms with Crippen molar-refractivity contribution in [1.29, 1.82) is 0 Å². The highest BCUT2D eigenvalue weighted by atomic mass is 32.1. The number of aryl methyl sites for hydroxylation is 1. The lowest BCUT2D eigenvalue weighted by molar-refractivity contribution is 0.0921. The second-order valence-electron chi connectivity index (χ2n) is 7.25. The number of thiophene rings is 1. The van der Waals surface area contributed by atoms with Crippen molar-refractivity contribution in [3.63, 3.8) is 0 Å². The Balaban J connectivity index is 1.53. The summed E-state index contributed by atoms with van der Waals surface area (Å²) in [6, 6.07) is 8.62. The fraction of sp³-hybridized carbons (Fsp3) is 0.400. The molecule has 0 bridgehead atoms. The molecule has 1 aliphatic heterocycles. The Morgan fingerprint density at radius 2 is 2.00 bits per heavy atom. The summed E-state index contributed by atoms with van der Waals surface area (Å²) in [5, 5.41) is 8.77. The molecule has 0 spiro atoms. The highest BCUT2D eigenvalue weighted by molar-refractivity contribution is 7.20. The van der Waals surface area contributed by atoms with Gasteiger partial charge in [-0.2, -0.15) is 5.10 Å². The molecule has 0 saturated carbocycles. The first kappa shape index (κ1) is 18.1. The van der Waals surface area contributed by atoms with Crippen molar-refractivity contribution in [3.05, 3.63) is 52.3 Å². The molecule has 5 nitrogen and oxygen atoms in total. The number of halogens is 1. The number of amides is 1. The number of benzene rings is 1. The van der Waals surface area contributed by atoms with Gasteiger partial charge in [0.05, 0.1) is 17.1 Å². The quantitative estimate of drug-likeness (QED) is 0.748. The molecule has 27 heavy (non-hydrogen) atoms. The van der Waals surface area contributed by atoms with Crippen molar-refractivity contribution in [3.8, 4) is 0 Å². The maximum absolute atomic E-state index is 13.1. The number of hydrogen-bond acceptors (Lipinski definition) is 4. The Morgan fingerprint density at radius 1 is 1.30 bits per heavy atom. The Hall–Kier alpha value is -2.25. The average molecular weight is 386 g/mol. The molecule has 4 rings (SSSR count). The molecule has 0 atom stereocenters. The van der Waals surface area contributed by atoms with Crippen LogP contribution in [0.1, 0.15) is 33.8 Å². The molecule has 1 aliphatic rings. The van der Waals surface area contributed by atoms with Crippen molar-refractivity contribution in [2.24, 2.45) is 0 Å². The molecular formula is C20H23FN4OS. The normalized spacial score (nSPS) is 16.1. The number of nitrogens with one attached hydrogen (secondary N) is 1. The number of carbonyl (C=O) groups is 1. The van der Waals surface area contributed by atoms with Crippen LogP contribution in [0.3, 0.4) is 0 Å². The van der Waals surface area contributed by atoms with Gasteiger partial charge in [-0.15, -0.1) is 11.3 Å². The fourth-order valence-electron chi connectivity index (χ4n) is 3.50. The monoisotopic (exact) mass is 386 g/mol. The maximum Gasteiger partial charge on any atom is 0.261 e. The van der Waals surface area contributed by atoms with Crippen LogP contribution in [0.4, 0.5) is 4.39 Å². The van der Waals surface area contributed by atoms with E-state index in [1.54, 1.807) is 12.1 Å². The summed E-state index contributed by atoms with van der Waals surface area (Å²) < 4.78 is 15.0. The van der Waals surface area contributed by atoms with Crippen LogP contribution >= 0.6 is 11.3 Å². The van der Waals surface area contributed by atoms with Gasteiger partial charge in [-0.3, -0.25) is 9.48 Å². The van der Waals surface area contributed by atoms with Gasteiger partial charge in [0, 0.05) is 11.4 Å². The summed E-state index contributed by atoms with van der Waals surface area (Å²) in [6.07, 6.45) is 1.98. The van der Waals surface area contributed by atoms with E-state index in [9.17, 15) is 9.18 Å². The zero-order valence-electron chi connectivity index (χ0n) is 15.5. The van der Waals surface area contributed by atoms with E-state index in [0.29, 0.717) is 6.54 Å². The van der Waals surface area contributed by atoms with E-state index in [1.807, 2.05) is 17.7 Å². The molecule has 1 fully saturated rings. The van der Waals surface area contributed by atoms with Gasteiger partial charge in [0.1, 0.15) is 10.6 Å². The summed E-state index contributed by atoms with van der Waals surface area (Å²) in [4.78, 5) is 16.7. The largest absolute Gasteiger partial charge is 0.349 e. The van der Waals surface area contributed by atoms with Gasteiger partial charge in [-0.1, -0.05) is 12.1 Å². The van der Waals surface area contributed by atoms with Gasteiger partial charge in [0.2, 0.25) is 0 Å². The molecule has 1 saturated heterocycles. The van der Waals surface area contributed by atoms with E-state index in [-0.39, 0.29) is 17.8 Å². The number of nitrogens with zero attached hydrogens (tertiary/aromatic N) is 3. The Bertz CT molecular complexity index is 954. The minimum atomic E-state index is -0.246. The van der Waals surface area contributed by atoms with Gasteiger partial charge in [-0.25, -0.2) is 4.39 Å². The van der Waals surface area contributed by atoms with Crippen LogP contribution in [0.5, 0.6) is 0 Å². The van der Waals surface area contributed by atoms with E-state index in [0.717, 1.165) is 52.3 Å². The smallest absolute Gasteiger partial charge is 0.261 e. The SMILES string of the molecule is Cc1nn(Cc2ccc(F)cc2)c2sc(C(=O)NC3CCN(C)CC3)cc12. The van der Waals surface area contributed by atoms with Crippen LogP contribution in [0, 0.1) is 12.7 Å². The van der Waals surface area contributed by atoms with Crippen LogP contribution in [-0.2, 0) is 6.54 Å². The van der Waals surface area contributed by atoms with Crippen LogP contribution < -0.4 is 5.32 Å². The molecule has 0 radical (unpaired) electrons. The molecule has 7 heteroatoms. The molecule has 2 aromatic heterocycles. The van der Waals surface area contributed by atoms with Gasteiger partial charge in [0.25, 0.3) is 5.91 Å². The predicted molar refractivity (Wildman–Crippen MR) is 106 cm³/mol. The first-order chi connectivity index (χ1) is 13.0. The van der Waals surface area contributed by atoms with Crippen LogP contribution in [-0.4, -0.2) is 46.8 Å². The third-order valence-corrected chi connectivity index (χ3v) is 6.28. The van der Waals surface area contributed by atoms with E-state index in [4.69, 9.17) is 0 Å². The lowest BCUT2D eigenvalue weighted by Gasteiger charge is -2.29. The molecule has 1 N–H and O–H groups in total. The molecule has 0 unspecified atom stereocenters. The minimum absolute atomic E-state index is 0.00140. The summed E-state index contributed by atoms with van der Waals surface area (Å²) in [7, 11) is 2.11. The highest BCUT2D eigenvalue weighted by Crippen LogP contribution is 2.29. The number of likely N-dealkylation sites (tertiary alicyclic amines) is 1. The van der Waals surface area contributed by atoms with E-state index < -0.39 is 0 Å². The summed E-state index contributed by atoms with van der Waals surface area (Å²) >= 11 is 1.47. The van der Waals surface area contributed by atoms with Crippen LogP contribution in [0.15, 0.2) is 30.3 Å². The third kappa shape index (κ3) is 3.89. The second-order valence-corrected chi connectivity index (χ2v) is 8.28. The Morgan fingerprint density at radius 3 is 2.70 bits per heavy atom. The third-order valence-electron chi connectivity index (χ3n) is 5.13. The number of carbonyl (C=O) groups excluding carboxylic acids is 1. The fourth-order valence-corrected chi connectivity index (χ4v) is 4.57. The number of fused-ring (bicyclic) bond motifs is 1. The lowest BCUT2D eigenvalue weighted by Crippen LogP contribution is -2.43. The Kier molecular flexibility index (Phi) is 4.97. The van der Waals surface area contributed by atoms with Crippen molar-refractivity contribution < 1.29 is 9.18 Å². The molecule has 3 aromatic rings. The summed E-state index contributed by atoms with van der Waals surface area (Å²) in [6.45, 7) is 4.54. The standard InChI is InChI=1S/C20H23FN4OS/c1-13-17-11-18(19(26)22-16-7-9-24(2)10-8-16)27-20(17)25(23-13)12-14-3-5-15(21)6-4-14/h3-6,11,16H,7-10,12H2,1-2H3,(H,22,26). The number of piperidine rings is 1. The number of aromatic nitrogens is 2. The first-order valence-electron chi connectivity index (χ1n) is 9.20. The number of rotatable bonds is 4. The Labute approximate surface area is 161 Å². The van der Waals surface area contributed by atoms with Crippen molar-refractivity contribution in [1.82, 2.24) is 20.0 Å². The topological polar surface area (TPSA) is 50.2 Å². The zero-order valence-corrected chi connectivity index (χ0v) is 16.4. The van der Waals surface area contributed by atoms with Crippen LogP contribution in [0.25, 0.3) is 10.2 Å². The first-order valence-corrected chi connectivity index (χ1v) is 10.0. The molecule has 0 aliphatic carbocycles. The van der Waals surface area contributed by atoms with Gasteiger partial charge >= 0.3 is 0 Å². The van der Waals surface area contributed by atoms with Gasteiger partial charge < -0.3 is 10.2 Å². The predicted octanol–water partition coefficient (Wildman–Crippen LogP) is 3.42. The second kappa shape index (κ2) is 7.40. The molecule has 1 amide bonds. The van der Waals surface area contributed by atoms with Crippen molar-refractivity contribution in [2.45, 2.75) is 32.4 Å². The highest BCUT2D eigenvalue weighted by Gasteiger charge is 2.21. The zero-order chi connectivity index (χ0) is 19.0. The van der Waals surface area contributed by atoms with Crippen molar-refractivity contribution >= 4 is 27.5 Å². The minimum Gasteiger partial charge on any atom is -0.349 e. The van der Waals surface area contributed by atoms with E-state index in [2.05, 4.69) is 22.4 Å².